The Morgan fingerprint density at radius 1 is 1.10 bits per heavy atom. The van der Waals surface area contributed by atoms with E-state index in [1.54, 1.807) is 0 Å². The molecule has 106 valence electrons. The molecule has 0 aromatic heterocycles. The second kappa shape index (κ2) is 6.35. The number of fused-ring (bicyclic) bond motifs is 1. The summed E-state index contributed by atoms with van der Waals surface area (Å²) in [4.78, 5) is 0. The molecule has 3 N–H and O–H groups in total. The lowest BCUT2D eigenvalue weighted by atomic mass is 9.87. The fraction of sp³-hybridized carbons (Fsp3) is 0.412. The lowest BCUT2D eigenvalue weighted by Crippen LogP contribution is -2.44. The van der Waals surface area contributed by atoms with Crippen LogP contribution in [0, 0.1) is 5.92 Å². The molecule has 0 aliphatic carbocycles. The van der Waals surface area contributed by atoms with Crippen LogP contribution in [0.3, 0.4) is 0 Å². The van der Waals surface area contributed by atoms with Gasteiger partial charge in [0.15, 0.2) is 0 Å². The van der Waals surface area contributed by atoms with E-state index in [4.69, 9.17) is 10.6 Å². The van der Waals surface area contributed by atoms with E-state index in [1.807, 2.05) is 0 Å². The van der Waals surface area contributed by atoms with Crippen LogP contribution in [0.15, 0.2) is 42.5 Å². The van der Waals surface area contributed by atoms with Gasteiger partial charge in [-0.25, -0.2) is 0 Å². The molecule has 2 aromatic rings. The van der Waals surface area contributed by atoms with Crippen molar-refractivity contribution in [3.05, 3.63) is 48.0 Å². The van der Waals surface area contributed by atoms with Gasteiger partial charge in [-0.3, -0.25) is 11.3 Å². The van der Waals surface area contributed by atoms with Crippen LogP contribution >= 0.6 is 0 Å². The molecule has 1 aliphatic rings. The number of benzene rings is 2. The molecule has 0 amide bonds. The summed E-state index contributed by atoms with van der Waals surface area (Å²) in [6.07, 6.45) is 3.17. The van der Waals surface area contributed by atoms with Crippen LogP contribution in [0.4, 0.5) is 0 Å². The molecule has 3 nitrogen and oxygen atoms in total. The highest BCUT2D eigenvalue weighted by atomic mass is 16.5. The lowest BCUT2D eigenvalue weighted by Gasteiger charge is -2.30. The summed E-state index contributed by atoms with van der Waals surface area (Å²) in [5, 5.41) is 2.63. The average Bonchev–Trinajstić information content (AvgIpc) is 2.53. The van der Waals surface area contributed by atoms with Crippen LogP contribution in [0.25, 0.3) is 10.8 Å². The standard InChI is InChI=1S/C17H22N2O/c18-19-17(14-8-10-20-11-9-14)12-15-6-3-5-13-4-1-2-7-16(13)15/h1-7,14,17,19H,8-12,18H2. The molecule has 20 heavy (non-hydrogen) atoms. The van der Waals surface area contributed by atoms with Gasteiger partial charge >= 0.3 is 0 Å². The fourth-order valence-electron chi connectivity index (χ4n) is 3.19. The quantitative estimate of drug-likeness (QED) is 0.663. The maximum atomic E-state index is 5.80. The average molecular weight is 270 g/mol. The second-order valence-corrected chi connectivity index (χ2v) is 5.57. The van der Waals surface area contributed by atoms with Crippen LogP contribution in [-0.4, -0.2) is 19.3 Å². The second-order valence-electron chi connectivity index (χ2n) is 5.57. The van der Waals surface area contributed by atoms with E-state index in [9.17, 15) is 0 Å². The van der Waals surface area contributed by atoms with Crippen molar-refractivity contribution < 1.29 is 4.74 Å². The topological polar surface area (TPSA) is 47.3 Å². The van der Waals surface area contributed by atoms with Crippen molar-refractivity contribution >= 4 is 10.8 Å². The van der Waals surface area contributed by atoms with Gasteiger partial charge in [0.2, 0.25) is 0 Å². The van der Waals surface area contributed by atoms with Crippen molar-refractivity contribution in [1.29, 1.82) is 0 Å². The number of nitrogens with one attached hydrogen (secondary N) is 1. The SMILES string of the molecule is NNC(Cc1cccc2ccccc12)C1CCOCC1. The molecule has 1 aliphatic heterocycles. The van der Waals surface area contributed by atoms with Crippen LogP contribution in [0.5, 0.6) is 0 Å². The molecule has 0 bridgehead atoms. The van der Waals surface area contributed by atoms with Gasteiger partial charge in [-0.1, -0.05) is 42.5 Å². The van der Waals surface area contributed by atoms with Gasteiger partial charge in [0.1, 0.15) is 0 Å². The number of hydrogen-bond acceptors (Lipinski definition) is 3. The highest BCUT2D eigenvalue weighted by Gasteiger charge is 2.23. The highest BCUT2D eigenvalue weighted by Crippen LogP contribution is 2.25. The molecule has 1 unspecified atom stereocenters. The van der Waals surface area contributed by atoms with E-state index in [0.717, 1.165) is 32.5 Å². The van der Waals surface area contributed by atoms with Gasteiger partial charge in [0.25, 0.3) is 0 Å². The van der Waals surface area contributed by atoms with E-state index in [2.05, 4.69) is 47.9 Å². The summed E-state index contributed by atoms with van der Waals surface area (Å²) in [6, 6.07) is 15.4. The molecule has 2 aromatic carbocycles. The number of hydrogen-bond donors (Lipinski definition) is 2. The molecule has 1 fully saturated rings. The third-order valence-corrected chi connectivity index (χ3v) is 4.37. The molecule has 0 spiro atoms. The van der Waals surface area contributed by atoms with Gasteiger partial charge in [-0.2, -0.15) is 0 Å². The molecule has 3 heteroatoms. The van der Waals surface area contributed by atoms with Crippen LogP contribution in [-0.2, 0) is 11.2 Å². The maximum Gasteiger partial charge on any atom is 0.0469 e. The van der Waals surface area contributed by atoms with Crippen LogP contribution in [0.1, 0.15) is 18.4 Å². The Morgan fingerprint density at radius 3 is 2.65 bits per heavy atom. The summed E-state index contributed by atoms with van der Waals surface area (Å²) in [5.41, 5.74) is 4.40. The molecule has 1 saturated heterocycles. The number of ether oxygens (including phenoxy) is 1. The summed E-state index contributed by atoms with van der Waals surface area (Å²) in [6.45, 7) is 1.72. The Hall–Kier alpha value is -1.42. The molecular formula is C17H22N2O. The summed E-state index contributed by atoms with van der Waals surface area (Å²) in [7, 11) is 0. The fourth-order valence-corrected chi connectivity index (χ4v) is 3.19. The van der Waals surface area contributed by atoms with Crippen LogP contribution < -0.4 is 11.3 Å². The van der Waals surface area contributed by atoms with Crippen molar-refractivity contribution in [2.45, 2.75) is 25.3 Å². The highest BCUT2D eigenvalue weighted by molar-refractivity contribution is 5.85. The van der Waals surface area contributed by atoms with Gasteiger partial charge in [0.05, 0.1) is 0 Å². The first-order valence-corrected chi connectivity index (χ1v) is 7.39. The zero-order valence-corrected chi connectivity index (χ0v) is 11.7. The number of rotatable bonds is 4. The van der Waals surface area contributed by atoms with E-state index in [1.165, 1.54) is 16.3 Å². The van der Waals surface area contributed by atoms with Gasteiger partial charge in [-0.15, -0.1) is 0 Å². The lowest BCUT2D eigenvalue weighted by molar-refractivity contribution is 0.0538. The first-order valence-electron chi connectivity index (χ1n) is 7.39. The zero-order chi connectivity index (χ0) is 13.8. The minimum Gasteiger partial charge on any atom is -0.381 e. The maximum absolute atomic E-state index is 5.80. The van der Waals surface area contributed by atoms with E-state index >= 15 is 0 Å². The minimum atomic E-state index is 0.324. The monoisotopic (exact) mass is 270 g/mol. The van der Waals surface area contributed by atoms with Crippen molar-refractivity contribution in [3.63, 3.8) is 0 Å². The first kappa shape index (κ1) is 13.6. The van der Waals surface area contributed by atoms with E-state index in [-0.39, 0.29) is 0 Å². The van der Waals surface area contributed by atoms with Crippen molar-refractivity contribution in [2.24, 2.45) is 11.8 Å². The smallest absolute Gasteiger partial charge is 0.0469 e. The largest absolute Gasteiger partial charge is 0.381 e. The third kappa shape index (κ3) is 2.85. The Labute approximate surface area is 120 Å². The Kier molecular flexibility index (Phi) is 4.31. The molecular weight excluding hydrogens is 248 g/mol. The third-order valence-electron chi connectivity index (χ3n) is 4.37. The Morgan fingerprint density at radius 2 is 1.85 bits per heavy atom. The normalized spacial score (nSPS) is 18.2. The summed E-state index contributed by atoms with van der Waals surface area (Å²) < 4.78 is 5.45. The first-order chi connectivity index (χ1) is 9.88. The van der Waals surface area contributed by atoms with Gasteiger partial charge in [0, 0.05) is 19.3 Å². The Bertz CT molecular complexity index is 558. The molecule has 0 radical (unpaired) electrons. The van der Waals surface area contributed by atoms with Crippen molar-refractivity contribution in [2.75, 3.05) is 13.2 Å². The minimum absolute atomic E-state index is 0.324. The van der Waals surface area contributed by atoms with Gasteiger partial charge in [-0.05, 0) is 41.5 Å². The van der Waals surface area contributed by atoms with Crippen LogP contribution in [0.2, 0.25) is 0 Å². The molecule has 3 rings (SSSR count). The van der Waals surface area contributed by atoms with Gasteiger partial charge < -0.3 is 4.74 Å². The van der Waals surface area contributed by atoms with E-state index in [0.29, 0.717) is 12.0 Å². The predicted molar refractivity (Wildman–Crippen MR) is 82.3 cm³/mol. The summed E-state index contributed by atoms with van der Waals surface area (Å²) in [5.74, 6) is 6.41. The van der Waals surface area contributed by atoms with E-state index < -0.39 is 0 Å². The van der Waals surface area contributed by atoms with Crippen molar-refractivity contribution in [1.82, 2.24) is 5.43 Å². The molecule has 0 saturated carbocycles. The zero-order valence-electron chi connectivity index (χ0n) is 11.7. The predicted octanol–water partition coefficient (Wildman–Crippen LogP) is 2.64. The Balaban J connectivity index is 1.83. The molecule has 1 atom stereocenters. The van der Waals surface area contributed by atoms with Crippen molar-refractivity contribution in [3.8, 4) is 0 Å². The molecule has 1 heterocycles. The number of hydrazine groups is 1. The summed E-state index contributed by atoms with van der Waals surface area (Å²) >= 11 is 0. The number of nitrogens with two attached hydrogens (primary N) is 1.